The van der Waals surface area contributed by atoms with E-state index in [1.165, 1.54) is 6.07 Å². The summed E-state index contributed by atoms with van der Waals surface area (Å²) < 4.78 is 5.64. The summed E-state index contributed by atoms with van der Waals surface area (Å²) in [6.07, 6.45) is 0. The number of carbonyl (C=O) groups is 1. The molecule has 1 amide bonds. The van der Waals surface area contributed by atoms with E-state index in [2.05, 4.69) is 0 Å². The van der Waals surface area contributed by atoms with Crippen molar-refractivity contribution in [3.63, 3.8) is 0 Å². The van der Waals surface area contributed by atoms with Gasteiger partial charge in [-0.3, -0.25) is 9.59 Å². The highest BCUT2D eigenvalue weighted by Gasteiger charge is 2.25. The van der Waals surface area contributed by atoms with Crippen molar-refractivity contribution in [2.24, 2.45) is 0 Å². The molecule has 1 aromatic heterocycles. The molecular weight excluding hydrogens is 386 g/mol. The first-order valence-electron chi connectivity index (χ1n) is 8.39. The maximum absolute atomic E-state index is 13.0. The van der Waals surface area contributed by atoms with E-state index in [4.69, 9.17) is 14.1 Å². The van der Waals surface area contributed by atoms with Crippen molar-refractivity contribution < 1.29 is 39.3 Å². The Hall–Kier alpha value is -3.92. The van der Waals surface area contributed by atoms with Crippen molar-refractivity contribution in [1.82, 2.24) is 5.23 Å². The molecule has 0 saturated heterocycles. The smallest absolute Gasteiger partial charge is 0.281 e. The van der Waals surface area contributed by atoms with Gasteiger partial charge in [-0.1, -0.05) is 0 Å². The minimum Gasteiger partial charge on any atom is -0.508 e. The molecule has 0 aliphatic heterocycles. The molecule has 0 saturated carbocycles. The van der Waals surface area contributed by atoms with Crippen LogP contribution in [0.1, 0.15) is 13.8 Å². The van der Waals surface area contributed by atoms with Crippen molar-refractivity contribution in [3.8, 4) is 40.1 Å². The van der Waals surface area contributed by atoms with Gasteiger partial charge >= 0.3 is 0 Å². The predicted octanol–water partition coefficient (Wildman–Crippen LogP) is 2.38. The highest BCUT2D eigenvalue weighted by Crippen LogP contribution is 2.38. The average molecular weight is 403 g/mol. The van der Waals surface area contributed by atoms with Crippen molar-refractivity contribution in [2.75, 3.05) is 6.61 Å². The van der Waals surface area contributed by atoms with Crippen LogP contribution in [-0.4, -0.2) is 38.2 Å². The molecule has 10 nitrogen and oxygen atoms in total. The van der Waals surface area contributed by atoms with Crippen LogP contribution in [0, 0.1) is 0 Å². The van der Waals surface area contributed by atoms with Crippen LogP contribution in [-0.2, 0) is 9.63 Å². The van der Waals surface area contributed by atoms with Gasteiger partial charge in [0.05, 0.1) is 6.61 Å². The largest absolute Gasteiger partial charge is 0.508 e. The van der Waals surface area contributed by atoms with E-state index >= 15 is 0 Å². The first-order valence-corrected chi connectivity index (χ1v) is 8.39. The number of rotatable bonds is 5. The molecule has 10 heteroatoms. The number of hydroxylamine groups is 2. The summed E-state index contributed by atoms with van der Waals surface area (Å²) in [5, 5.41) is 39.3. The molecule has 0 spiro atoms. The second-order valence-corrected chi connectivity index (χ2v) is 5.92. The number of amides is 1. The molecule has 0 fully saturated rings. The fourth-order valence-electron chi connectivity index (χ4n) is 2.59. The van der Waals surface area contributed by atoms with Crippen molar-refractivity contribution in [2.45, 2.75) is 13.8 Å². The van der Waals surface area contributed by atoms with Crippen LogP contribution in [0.25, 0.3) is 22.3 Å². The van der Waals surface area contributed by atoms with Crippen LogP contribution >= 0.6 is 0 Å². The Bertz CT molecular complexity index is 1150. The third-order valence-electron chi connectivity index (χ3n) is 3.83. The van der Waals surface area contributed by atoms with Crippen LogP contribution < -0.4 is 10.3 Å². The van der Waals surface area contributed by atoms with Gasteiger partial charge in [0.2, 0.25) is 11.2 Å². The maximum Gasteiger partial charge on any atom is 0.281 e. The van der Waals surface area contributed by atoms with Crippen LogP contribution in [0.3, 0.4) is 0 Å². The van der Waals surface area contributed by atoms with Crippen molar-refractivity contribution >= 4 is 16.9 Å². The summed E-state index contributed by atoms with van der Waals surface area (Å²) in [6.45, 7) is 2.78. The van der Waals surface area contributed by atoms with Gasteiger partial charge in [-0.25, -0.2) is 4.84 Å². The number of aromatic hydroxyl groups is 4. The Balaban J connectivity index is 2.33. The summed E-state index contributed by atoms with van der Waals surface area (Å²) >= 11 is 0. The molecule has 0 aliphatic rings. The summed E-state index contributed by atoms with van der Waals surface area (Å²) in [5.41, 5.74) is -0.928. The number of carbonyl (C=O) groups excluding carboxylic acids is 1. The van der Waals surface area contributed by atoms with Gasteiger partial charge in [0.25, 0.3) is 5.91 Å². The van der Waals surface area contributed by atoms with E-state index in [1.54, 1.807) is 6.92 Å². The third-order valence-corrected chi connectivity index (χ3v) is 3.83. The normalized spacial score (nSPS) is 10.8. The van der Waals surface area contributed by atoms with Crippen LogP contribution in [0.4, 0.5) is 0 Å². The quantitative estimate of drug-likeness (QED) is 0.372. The number of phenolic OH excluding ortho intramolecular Hbond substituents is 4. The highest BCUT2D eigenvalue weighted by molar-refractivity contribution is 5.88. The van der Waals surface area contributed by atoms with Crippen LogP contribution in [0.5, 0.6) is 28.7 Å². The Morgan fingerprint density at radius 1 is 1.07 bits per heavy atom. The minimum absolute atomic E-state index is 0.0486. The lowest BCUT2D eigenvalue weighted by Crippen LogP contribution is -2.34. The Morgan fingerprint density at radius 2 is 1.79 bits per heavy atom. The number of benzene rings is 2. The van der Waals surface area contributed by atoms with E-state index in [-0.39, 0.29) is 34.6 Å². The van der Waals surface area contributed by atoms with E-state index in [9.17, 15) is 30.0 Å². The van der Waals surface area contributed by atoms with Gasteiger partial charge in [0.15, 0.2) is 17.3 Å². The number of nitrogens with zero attached hydrogens (tertiary/aromatic N) is 1. The van der Waals surface area contributed by atoms with E-state index in [0.29, 0.717) is 5.23 Å². The molecule has 4 N–H and O–H groups in total. The summed E-state index contributed by atoms with van der Waals surface area (Å²) in [6, 6.07) is 5.64. The minimum atomic E-state index is -0.864. The molecule has 0 aliphatic carbocycles. The molecule has 0 bridgehead atoms. The summed E-state index contributed by atoms with van der Waals surface area (Å²) in [4.78, 5) is 35.2. The SMILES string of the molecule is CCON(Oc1c(-c2ccc(O)c(O)c2)oc2cc(O)cc(O)c2c1=O)C(C)=O. The molecule has 152 valence electrons. The second-order valence-electron chi connectivity index (χ2n) is 5.92. The lowest BCUT2D eigenvalue weighted by atomic mass is 10.1. The molecule has 0 radical (unpaired) electrons. The highest BCUT2D eigenvalue weighted by atomic mass is 17.0. The van der Waals surface area contributed by atoms with E-state index in [0.717, 1.165) is 31.2 Å². The molecule has 29 heavy (non-hydrogen) atoms. The first-order chi connectivity index (χ1) is 13.7. The summed E-state index contributed by atoms with van der Waals surface area (Å²) in [5.74, 6) is -3.27. The number of phenols is 4. The topological polar surface area (TPSA) is 150 Å². The number of hydrogen-bond donors (Lipinski definition) is 4. The van der Waals surface area contributed by atoms with Gasteiger partial charge in [0.1, 0.15) is 22.5 Å². The van der Waals surface area contributed by atoms with Gasteiger partial charge in [-0.15, -0.1) is 0 Å². The van der Waals surface area contributed by atoms with Crippen molar-refractivity contribution in [1.29, 1.82) is 0 Å². The van der Waals surface area contributed by atoms with Crippen LogP contribution in [0.15, 0.2) is 39.5 Å². The summed E-state index contributed by atoms with van der Waals surface area (Å²) in [7, 11) is 0. The standard InChI is InChI=1S/C19H17NO9/c1-3-27-20(9(2)21)29-19-17(26)16-14(25)7-11(22)8-15(16)28-18(19)10-4-5-12(23)13(24)6-10/h4-8,22-25H,3H2,1-2H3. The lowest BCUT2D eigenvalue weighted by molar-refractivity contribution is -0.292. The van der Waals surface area contributed by atoms with E-state index < -0.39 is 34.3 Å². The molecule has 3 aromatic rings. The van der Waals surface area contributed by atoms with Crippen LogP contribution in [0.2, 0.25) is 0 Å². The third kappa shape index (κ3) is 3.73. The van der Waals surface area contributed by atoms with Gasteiger partial charge in [0, 0.05) is 24.6 Å². The molecule has 0 unspecified atom stereocenters. The lowest BCUT2D eigenvalue weighted by Gasteiger charge is -2.20. The molecule has 1 heterocycles. The molecule has 0 atom stereocenters. The fourth-order valence-corrected chi connectivity index (χ4v) is 2.59. The predicted molar refractivity (Wildman–Crippen MR) is 99.4 cm³/mol. The Kier molecular flexibility index (Phi) is 5.20. The zero-order valence-corrected chi connectivity index (χ0v) is 15.4. The average Bonchev–Trinajstić information content (AvgIpc) is 2.64. The maximum atomic E-state index is 13.0. The van der Waals surface area contributed by atoms with E-state index in [1.807, 2.05) is 0 Å². The monoisotopic (exact) mass is 403 g/mol. The first kappa shape index (κ1) is 19.8. The van der Waals surface area contributed by atoms with Crippen molar-refractivity contribution in [3.05, 3.63) is 40.6 Å². The van der Waals surface area contributed by atoms with Gasteiger partial charge in [-0.2, -0.15) is 0 Å². The molecular formula is C19H17NO9. The Morgan fingerprint density at radius 3 is 2.41 bits per heavy atom. The van der Waals surface area contributed by atoms with Gasteiger partial charge < -0.3 is 29.7 Å². The number of hydrogen-bond acceptors (Lipinski definition) is 9. The fraction of sp³-hybridized carbons (Fsp3) is 0.158. The molecule has 2 aromatic carbocycles. The number of fused-ring (bicyclic) bond motifs is 1. The zero-order chi connectivity index (χ0) is 21.3. The Labute approximate surface area is 163 Å². The van der Waals surface area contributed by atoms with Gasteiger partial charge in [-0.05, 0) is 30.3 Å². The second kappa shape index (κ2) is 7.60. The zero-order valence-electron chi connectivity index (χ0n) is 15.4. The molecule has 3 rings (SSSR count).